The number of amides is 1. The first-order chi connectivity index (χ1) is 10.1. The van der Waals surface area contributed by atoms with Gasteiger partial charge in [0.2, 0.25) is 11.9 Å². The van der Waals surface area contributed by atoms with E-state index in [0.717, 1.165) is 16.5 Å². The smallest absolute Gasteiger partial charge is 0.232 e. The number of anilines is 1. The summed E-state index contributed by atoms with van der Waals surface area (Å²) < 4.78 is 5.27. The molecule has 0 saturated carbocycles. The molecule has 106 valence electrons. The molecule has 1 aromatic carbocycles. The number of nitrogens with one attached hydrogen (secondary N) is 1. The van der Waals surface area contributed by atoms with Crippen LogP contribution in [0.2, 0.25) is 0 Å². The van der Waals surface area contributed by atoms with E-state index in [1.165, 1.54) is 0 Å². The quantitative estimate of drug-likeness (QED) is 0.797. The number of rotatable bonds is 3. The predicted molar refractivity (Wildman–Crippen MR) is 77.8 cm³/mol. The third kappa shape index (κ3) is 2.74. The van der Waals surface area contributed by atoms with E-state index in [-0.39, 0.29) is 18.3 Å². The summed E-state index contributed by atoms with van der Waals surface area (Å²) in [4.78, 5) is 19.9. The average molecular weight is 282 g/mol. The maximum atomic E-state index is 12.0. The van der Waals surface area contributed by atoms with Crippen LogP contribution in [0.3, 0.4) is 0 Å². The van der Waals surface area contributed by atoms with Gasteiger partial charge in [0, 0.05) is 17.8 Å². The first-order valence-corrected chi connectivity index (χ1v) is 6.56. The minimum Gasteiger partial charge on any atom is -0.356 e. The summed E-state index contributed by atoms with van der Waals surface area (Å²) in [6.07, 6.45) is 3.26. The maximum absolute atomic E-state index is 12.0. The Bertz CT molecular complexity index is 796. The molecule has 1 amide bonds. The van der Waals surface area contributed by atoms with Crippen molar-refractivity contribution in [1.29, 1.82) is 0 Å². The minimum absolute atomic E-state index is 0.119. The van der Waals surface area contributed by atoms with Crippen molar-refractivity contribution < 1.29 is 9.32 Å². The van der Waals surface area contributed by atoms with Crippen LogP contribution in [0.5, 0.6) is 0 Å². The van der Waals surface area contributed by atoms with Gasteiger partial charge in [-0.1, -0.05) is 5.16 Å². The molecule has 0 bridgehead atoms. The highest BCUT2D eigenvalue weighted by Crippen LogP contribution is 2.23. The van der Waals surface area contributed by atoms with E-state index in [9.17, 15) is 4.79 Å². The highest BCUT2D eigenvalue weighted by Gasteiger charge is 2.14. The fourth-order valence-corrected chi connectivity index (χ4v) is 2.06. The van der Waals surface area contributed by atoms with Crippen LogP contribution in [0.15, 0.2) is 35.1 Å². The van der Waals surface area contributed by atoms with Gasteiger partial charge in [0.1, 0.15) is 5.69 Å². The van der Waals surface area contributed by atoms with E-state index in [0.29, 0.717) is 11.3 Å². The van der Waals surface area contributed by atoms with Crippen LogP contribution in [0.4, 0.5) is 5.95 Å². The molecular formula is C15H14N4O2. The van der Waals surface area contributed by atoms with Crippen molar-refractivity contribution in [3.8, 4) is 0 Å². The Morgan fingerprint density at radius 1 is 1.19 bits per heavy atom. The molecule has 0 aliphatic rings. The number of fused-ring (bicyclic) bond motifs is 1. The van der Waals surface area contributed by atoms with Crippen molar-refractivity contribution in [3.63, 3.8) is 0 Å². The molecule has 1 N–H and O–H groups in total. The van der Waals surface area contributed by atoms with Crippen molar-refractivity contribution in [2.75, 3.05) is 5.32 Å². The molecule has 0 atom stereocenters. The van der Waals surface area contributed by atoms with Gasteiger partial charge in [-0.3, -0.25) is 10.1 Å². The molecule has 0 aliphatic carbocycles. The maximum Gasteiger partial charge on any atom is 0.232 e. The van der Waals surface area contributed by atoms with Gasteiger partial charge in [-0.05, 0) is 43.2 Å². The van der Waals surface area contributed by atoms with E-state index in [4.69, 9.17) is 4.52 Å². The first kappa shape index (κ1) is 13.2. The molecule has 0 aliphatic heterocycles. The monoisotopic (exact) mass is 282 g/mol. The second-order valence-electron chi connectivity index (χ2n) is 4.86. The summed E-state index contributed by atoms with van der Waals surface area (Å²) in [6.45, 7) is 4.03. The molecular weight excluding hydrogens is 268 g/mol. The number of nitrogens with zero attached hydrogens (tertiary/aromatic N) is 3. The van der Waals surface area contributed by atoms with Gasteiger partial charge in [0.05, 0.1) is 6.42 Å². The van der Waals surface area contributed by atoms with Crippen molar-refractivity contribution in [3.05, 3.63) is 47.4 Å². The number of aromatic nitrogens is 3. The zero-order chi connectivity index (χ0) is 14.8. The third-order valence-electron chi connectivity index (χ3n) is 3.31. The van der Waals surface area contributed by atoms with Crippen LogP contribution in [0.1, 0.15) is 16.8 Å². The fraction of sp³-hybridized carbons (Fsp3) is 0.200. The van der Waals surface area contributed by atoms with E-state index < -0.39 is 0 Å². The highest BCUT2D eigenvalue weighted by atomic mass is 16.5. The molecule has 2 heterocycles. The van der Waals surface area contributed by atoms with Crippen LogP contribution in [-0.2, 0) is 11.2 Å². The van der Waals surface area contributed by atoms with E-state index >= 15 is 0 Å². The Labute approximate surface area is 121 Å². The third-order valence-corrected chi connectivity index (χ3v) is 3.31. The topological polar surface area (TPSA) is 80.9 Å². The van der Waals surface area contributed by atoms with E-state index in [1.54, 1.807) is 18.5 Å². The summed E-state index contributed by atoms with van der Waals surface area (Å²) >= 11 is 0. The Morgan fingerprint density at radius 3 is 2.67 bits per heavy atom. The van der Waals surface area contributed by atoms with E-state index in [2.05, 4.69) is 20.4 Å². The number of carbonyl (C=O) groups excluding carboxylic acids is 1. The lowest BCUT2D eigenvalue weighted by Gasteiger charge is -2.02. The Kier molecular flexibility index (Phi) is 3.35. The highest BCUT2D eigenvalue weighted by molar-refractivity contribution is 5.93. The van der Waals surface area contributed by atoms with Crippen LogP contribution >= 0.6 is 0 Å². The van der Waals surface area contributed by atoms with Crippen LogP contribution in [0.25, 0.3) is 11.0 Å². The van der Waals surface area contributed by atoms with E-state index in [1.807, 2.05) is 26.0 Å². The van der Waals surface area contributed by atoms with Gasteiger partial charge in [0.15, 0.2) is 5.58 Å². The second-order valence-corrected chi connectivity index (χ2v) is 4.86. The SMILES string of the molecule is Cc1cc2onc(CC(=O)Nc3ncccn3)c2cc1C. The van der Waals surface area contributed by atoms with Crippen LogP contribution in [-0.4, -0.2) is 21.0 Å². The number of benzene rings is 1. The van der Waals surface area contributed by atoms with Crippen LogP contribution < -0.4 is 5.32 Å². The zero-order valence-electron chi connectivity index (χ0n) is 11.8. The summed E-state index contributed by atoms with van der Waals surface area (Å²) in [5.74, 6) is 0.0527. The second kappa shape index (κ2) is 5.32. The summed E-state index contributed by atoms with van der Waals surface area (Å²) in [7, 11) is 0. The van der Waals surface area contributed by atoms with Crippen LogP contribution in [0, 0.1) is 13.8 Å². The predicted octanol–water partition coefficient (Wildman–Crippen LogP) is 2.42. The zero-order valence-corrected chi connectivity index (χ0v) is 11.8. The average Bonchev–Trinajstić information content (AvgIpc) is 2.83. The number of aryl methyl sites for hydroxylation is 2. The molecule has 3 rings (SSSR count). The molecule has 3 aromatic rings. The molecule has 2 aromatic heterocycles. The lowest BCUT2D eigenvalue weighted by molar-refractivity contribution is -0.115. The van der Waals surface area contributed by atoms with Crippen molar-refractivity contribution >= 4 is 22.8 Å². The molecule has 0 unspecified atom stereocenters. The Hall–Kier alpha value is -2.76. The standard InChI is InChI=1S/C15H14N4O2/c1-9-6-11-12(19-21-13(11)7-10(9)2)8-14(20)18-15-16-4-3-5-17-15/h3-7H,8H2,1-2H3,(H,16,17,18,20). The summed E-state index contributed by atoms with van der Waals surface area (Å²) in [5.41, 5.74) is 3.57. The van der Waals surface area contributed by atoms with Crippen molar-refractivity contribution in [1.82, 2.24) is 15.1 Å². The van der Waals surface area contributed by atoms with Gasteiger partial charge < -0.3 is 4.52 Å². The summed E-state index contributed by atoms with van der Waals surface area (Å²) in [5, 5.41) is 7.47. The molecule has 21 heavy (non-hydrogen) atoms. The number of carbonyl (C=O) groups is 1. The van der Waals surface area contributed by atoms with Gasteiger partial charge >= 0.3 is 0 Å². The van der Waals surface area contributed by atoms with Gasteiger partial charge in [-0.25, -0.2) is 9.97 Å². The lowest BCUT2D eigenvalue weighted by atomic mass is 10.1. The first-order valence-electron chi connectivity index (χ1n) is 6.56. The Morgan fingerprint density at radius 2 is 1.90 bits per heavy atom. The fourth-order valence-electron chi connectivity index (χ4n) is 2.06. The number of hydrogen-bond donors (Lipinski definition) is 1. The lowest BCUT2D eigenvalue weighted by Crippen LogP contribution is -2.16. The molecule has 0 saturated heterocycles. The largest absolute Gasteiger partial charge is 0.356 e. The van der Waals surface area contributed by atoms with Gasteiger partial charge in [-0.15, -0.1) is 0 Å². The number of hydrogen-bond acceptors (Lipinski definition) is 5. The van der Waals surface area contributed by atoms with Crippen molar-refractivity contribution in [2.24, 2.45) is 0 Å². The summed E-state index contributed by atoms with van der Waals surface area (Å²) in [6, 6.07) is 5.61. The molecule has 6 nitrogen and oxygen atoms in total. The van der Waals surface area contributed by atoms with Crippen molar-refractivity contribution in [2.45, 2.75) is 20.3 Å². The van der Waals surface area contributed by atoms with Gasteiger partial charge in [0.25, 0.3) is 0 Å². The normalized spacial score (nSPS) is 10.8. The minimum atomic E-state index is -0.227. The molecule has 6 heteroatoms. The van der Waals surface area contributed by atoms with Gasteiger partial charge in [-0.2, -0.15) is 0 Å². The molecule has 0 radical (unpaired) electrons. The Balaban J connectivity index is 1.82. The molecule has 0 spiro atoms. The molecule has 0 fully saturated rings.